The van der Waals surface area contributed by atoms with Crippen LogP contribution in [0.4, 0.5) is 5.95 Å². The fourth-order valence-electron chi connectivity index (χ4n) is 4.21. The van der Waals surface area contributed by atoms with E-state index in [1.807, 2.05) is 83.9 Å². The molecule has 0 amide bonds. The second-order valence-electron chi connectivity index (χ2n) is 7.89. The second kappa shape index (κ2) is 8.19. The molecule has 0 saturated carbocycles. The average molecular weight is 451 g/mol. The summed E-state index contributed by atoms with van der Waals surface area (Å²) in [5.41, 5.74) is 4.67. The monoisotopic (exact) mass is 450 g/mol. The van der Waals surface area contributed by atoms with Gasteiger partial charge < -0.3 is 4.42 Å². The highest BCUT2D eigenvalue weighted by Crippen LogP contribution is 2.38. The highest BCUT2D eigenvalue weighted by molar-refractivity contribution is 6.31. The van der Waals surface area contributed by atoms with Crippen molar-refractivity contribution < 1.29 is 4.42 Å². The first-order valence-corrected chi connectivity index (χ1v) is 11.1. The van der Waals surface area contributed by atoms with Crippen molar-refractivity contribution >= 4 is 34.2 Å². The van der Waals surface area contributed by atoms with Crippen LogP contribution in [0, 0.1) is 0 Å². The molecule has 3 aromatic carbocycles. The van der Waals surface area contributed by atoms with Crippen LogP contribution in [0.2, 0.25) is 5.02 Å². The molecule has 33 heavy (non-hydrogen) atoms. The molecule has 1 aliphatic rings. The molecule has 0 spiro atoms. The molecule has 5 nitrogen and oxygen atoms in total. The summed E-state index contributed by atoms with van der Waals surface area (Å²) in [7, 11) is 0. The molecule has 1 atom stereocenters. The first kappa shape index (κ1) is 19.7. The van der Waals surface area contributed by atoms with Crippen LogP contribution in [0.15, 0.2) is 107 Å². The number of hydrazone groups is 1. The standard InChI is InChI=1S/C27H19ClN4O/c28-20-13-14-22-21(16-20)26(19-10-5-2-6-11-19)30-27(29-22)32-24(25-12-7-15-33-25)17-23(31-32)18-8-3-1-4-9-18/h1-16,24H,17H2/t24-/m1/s1. The van der Waals surface area contributed by atoms with Crippen LogP contribution in [0.5, 0.6) is 0 Å². The first-order valence-electron chi connectivity index (χ1n) is 10.7. The lowest BCUT2D eigenvalue weighted by Crippen LogP contribution is -2.20. The first-order chi connectivity index (χ1) is 16.3. The maximum absolute atomic E-state index is 6.32. The van der Waals surface area contributed by atoms with E-state index in [1.165, 1.54) is 0 Å². The number of aromatic nitrogens is 2. The molecule has 0 fully saturated rings. The van der Waals surface area contributed by atoms with Crippen molar-refractivity contribution in [2.24, 2.45) is 5.10 Å². The van der Waals surface area contributed by atoms with E-state index in [9.17, 15) is 0 Å². The zero-order valence-corrected chi connectivity index (χ0v) is 18.4. The lowest BCUT2D eigenvalue weighted by molar-refractivity contribution is 0.463. The van der Waals surface area contributed by atoms with Crippen LogP contribution >= 0.6 is 11.6 Å². The molecule has 6 heteroatoms. The van der Waals surface area contributed by atoms with Crippen molar-refractivity contribution in [2.45, 2.75) is 12.5 Å². The minimum atomic E-state index is -0.136. The van der Waals surface area contributed by atoms with Gasteiger partial charge in [-0.1, -0.05) is 72.3 Å². The number of hydrogen-bond donors (Lipinski definition) is 0. The highest BCUT2D eigenvalue weighted by Gasteiger charge is 2.34. The van der Waals surface area contributed by atoms with Gasteiger partial charge in [-0.2, -0.15) is 5.10 Å². The largest absolute Gasteiger partial charge is 0.467 e. The zero-order valence-electron chi connectivity index (χ0n) is 17.6. The molecule has 5 aromatic rings. The van der Waals surface area contributed by atoms with Crippen molar-refractivity contribution in [3.8, 4) is 11.3 Å². The third kappa shape index (κ3) is 3.66. The van der Waals surface area contributed by atoms with Gasteiger partial charge in [0.05, 0.1) is 23.2 Å². The molecule has 0 radical (unpaired) electrons. The van der Waals surface area contributed by atoms with Crippen molar-refractivity contribution in [2.75, 3.05) is 5.01 Å². The Labute approximate surface area is 196 Å². The van der Waals surface area contributed by atoms with E-state index < -0.39 is 0 Å². The number of benzene rings is 3. The molecule has 6 rings (SSSR count). The third-order valence-corrected chi connectivity index (χ3v) is 6.02. The van der Waals surface area contributed by atoms with Gasteiger partial charge in [0.2, 0.25) is 5.95 Å². The highest BCUT2D eigenvalue weighted by atomic mass is 35.5. The molecule has 0 bridgehead atoms. The fraction of sp³-hybridized carbons (Fsp3) is 0.0741. The van der Waals surface area contributed by atoms with Gasteiger partial charge in [-0.05, 0) is 35.9 Å². The van der Waals surface area contributed by atoms with E-state index in [0.717, 1.165) is 39.2 Å². The molecule has 0 unspecified atom stereocenters. The molecule has 160 valence electrons. The number of hydrogen-bond acceptors (Lipinski definition) is 5. The minimum absolute atomic E-state index is 0.136. The van der Waals surface area contributed by atoms with Gasteiger partial charge in [-0.3, -0.25) is 0 Å². The Balaban J connectivity index is 1.54. The van der Waals surface area contributed by atoms with Gasteiger partial charge in [-0.25, -0.2) is 15.0 Å². The summed E-state index contributed by atoms with van der Waals surface area (Å²) in [6, 6.07) is 29.7. The maximum Gasteiger partial charge on any atom is 0.248 e. The minimum Gasteiger partial charge on any atom is -0.467 e. The third-order valence-electron chi connectivity index (χ3n) is 5.79. The number of furan rings is 1. The Morgan fingerprint density at radius 2 is 1.58 bits per heavy atom. The lowest BCUT2D eigenvalue weighted by Gasteiger charge is -2.21. The quantitative estimate of drug-likeness (QED) is 0.299. The van der Waals surface area contributed by atoms with E-state index >= 15 is 0 Å². The number of fused-ring (bicyclic) bond motifs is 1. The van der Waals surface area contributed by atoms with E-state index in [0.29, 0.717) is 17.4 Å². The van der Waals surface area contributed by atoms with Gasteiger partial charge in [0.15, 0.2) is 0 Å². The molecular formula is C27H19ClN4O. The van der Waals surface area contributed by atoms with Gasteiger partial charge in [0.1, 0.15) is 11.8 Å². The summed E-state index contributed by atoms with van der Waals surface area (Å²) in [6.07, 6.45) is 2.38. The SMILES string of the molecule is Clc1ccc2nc(N3N=C(c4ccccc4)C[C@@H]3c3ccco3)nc(-c3ccccc3)c2c1. The predicted molar refractivity (Wildman–Crippen MR) is 132 cm³/mol. The molecule has 3 heterocycles. The molecule has 2 aromatic heterocycles. The average Bonchev–Trinajstić information content (AvgIpc) is 3.55. The van der Waals surface area contributed by atoms with E-state index in [1.54, 1.807) is 6.26 Å². The summed E-state index contributed by atoms with van der Waals surface area (Å²) < 4.78 is 5.78. The van der Waals surface area contributed by atoms with E-state index in [-0.39, 0.29) is 6.04 Å². The summed E-state index contributed by atoms with van der Waals surface area (Å²) in [5.74, 6) is 1.35. The van der Waals surface area contributed by atoms with Gasteiger partial charge in [-0.15, -0.1) is 0 Å². The molecule has 1 aliphatic heterocycles. The van der Waals surface area contributed by atoms with Crippen molar-refractivity contribution in [3.63, 3.8) is 0 Å². The Morgan fingerprint density at radius 3 is 2.30 bits per heavy atom. The number of halogens is 1. The number of nitrogens with zero attached hydrogens (tertiary/aromatic N) is 4. The topological polar surface area (TPSA) is 54.5 Å². The van der Waals surface area contributed by atoms with Crippen LogP contribution in [-0.4, -0.2) is 15.7 Å². The molecule has 0 aliphatic carbocycles. The van der Waals surface area contributed by atoms with Crippen molar-refractivity contribution in [1.29, 1.82) is 0 Å². The lowest BCUT2D eigenvalue weighted by atomic mass is 10.0. The fourth-order valence-corrected chi connectivity index (χ4v) is 4.38. The zero-order chi connectivity index (χ0) is 22.2. The van der Waals surface area contributed by atoms with Crippen LogP contribution < -0.4 is 5.01 Å². The van der Waals surface area contributed by atoms with Gasteiger partial charge in [0.25, 0.3) is 0 Å². The smallest absolute Gasteiger partial charge is 0.248 e. The van der Waals surface area contributed by atoms with Crippen LogP contribution in [0.3, 0.4) is 0 Å². The summed E-state index contributed by atoms with van der Waals surface area (Å²) in [5, 5.41) is 8.39. The second-order valence-corrected chi connectivity index (χ2v) is 8.33. The van der Waals surface area contributed by atoms with Crippen molar-refractivity contribution in [1.82, 2.24) is 9.97 Å². The van der Waals surface area contributed by atoms with E-state index in [2.05, 4.69) is 12.1 Å². The van der Waals surface area contributed by atoms with Crippen LogP contribution in [-0.2, 0) is 0 Å². The van der Waals surface area contributed by atoms with Gasteiger partial charge >= 0.3 is 0 Å². The summed E-state index contributed by atoms with van der Waals surface area (Å²) >= 11 is 6.32. The molecule has 0 N–H and O–H groups in total. The summed E-state index contributed by atoms with van der Waals surface area (Å²) in [4.78, 5) is 9.87. The number of rotatable bonds is 4. The predicted octanol–water partition coefficient (Wildman–Crippen LogP) is 6.90. The van der Waals surface area contributed by atoms with E-state index in [4.69, 9.17) is 31.1 Å². The summed E-state index contributed by atoms with van der Waals surface area (Å²) in [6.45, 7) is 0. The Morgan fingerprint density at radius 1 is 0.818 bits per heavy atom. The number of anilines is 1. The van der Waals surface area contributed by atoms with Crippen LogP contribution in [0.25, 0.3) is 22.2 Å². The van der Waals surface area contributed by atoms with Gasteiger partial charge in [0, 0.05) is 22.4 Å². The molecular weight excluding hydrogens is 432 g/mol. The van der Waals surface area contributed by atoms with Crippen molar-refractivity contribution in [3.05, 3.63) is 114 Å². The van der Waals surface area contributed by atoms with Crippen LogP contribution in [0.1, 0.15) is 23.8 Å². The normalized spacial score (nSPS) is 15.7. The Kier molecular flexibility index (Phi) is 4.89. The Bertz CT molecular complexity index is 1450. The molecule has 0 saturated heterocycles. The maximum atomic E-state index is 6.32. The Hall–Kier alpha value is -3.96.